The van der Waals surface area contributed by atoms with E-state index in [1.54, 1.807) is 11.6 Å². The van der Waals surface area contributed by atoms with Crippen LogP contribution in [0, 0.1) is 0 Å². The van der Waals surface area contributed by atoms with Crippen LogP contribution >= 0.6 is 11.7 Å². The second kappa shape index (κ2) is 11.7. The third-order valence-electron chi connectivity index (χ3n) is 5.79. The van der Waals surface area contributed by atoms with Crippen LogP contribution in [0.15, 0.2) is 42.5 Å². The summed E-state index contributed by atoms with van der Waals surface area (Å²) in [6.07, 6.45) is 3.50. The van der Waals surface area contributed by atoms with Gasteiger partial charge in [-0.3, -0.25) is 9.59 Å². The molecule has 182 valence electrons. The first-order chi connectivity index (χ1) is 17.1. The summed E-state index contributed by atoms with van der Waals surface area (Å²) in [7, 11) is 0. The zero-order valence-corrected chi connectivity index (χ0v) is 20.7. The number of nitrogens with zero attached hydrogens (tertiary/aromatic N) is 4. The summed E-state index contributed by atoms with van der Waals surface area (Å²) in [5, 5.41) is 4.86. The van der Waals surface area contributed by atoms with Crippen LogP contribution in [0.2, 0.25) is 0 Å². The molecule has 9 heteroatoms. The Kier molecular flexibility index (Phi) is 8.20. The minimum Gasteiger partial charge on any atom is -0.466 e. The van der Waals surface area contributed by atoms with Crippen molar-refractivity contribution in [3.05, 3.63) is 70.4 Å². The Morgan fingerprint density at radius 3 is 2.66 bits per heavy atom. The van der Waals surface area contributed by atoms with Gasteiger partial charge in [0.15, 0.2) is 0 Å². The highest BCUT2D eigenvalue weighted by Gasteiger charge is 2.21. The molecule has 0 atom stereocenters. The third-order valence-corrected chi connectivity index (χ3v) is 6.34. The fraction of sp³-hybridized carbons (Fsp3) is 0.346. The van der Waals surface area contributed by atoms with Crippen LogP contribution in [-0.4, -0.2) is 37.6 Å². The lowest BCUT2D eigenvalue weighted by Gasteiger charge is -2.11. The zero-order valence-electron chi connectivity index (χ0n) is 19.9. The molecule has 0 aliphatic heterocycles. The Hall–Kier alpha value is -3.59. The van der Waals surface area contributed by atoms with Crippen LogP contribution < -0.4 is 4.74 Å². The van der Waals surface area contributed by atoms with E-state index in [9.17, 15) is 9.59 Å². The molecule has 0 saturated carbocycles. The van der Waals surface area contributed by atoms with E-state index in [0.717, 1.165) is 58.2 Å². The van der Waals surface area contributed by atoms with Crippen LogP contribution in [0.25, 0.3) is 11.0 Å². The van der Waals surface area contributed by atoms with Gasteiger partial charge < -0.3 is 9.47 Å². The fourth-order valence-electron chi connectivity index (χ4n) is 4.09. The van der Waals surface area contributed by atoms with E-state index in [2.05, 4.69) is 15.7 Å². The van der Waals surface area contributed by atoms with Crippen molar-refractivity contribution in [3.63, 3.8) is 0 Å². The van der Waals surface area contributed by atoms with Crippen LogP contribution in [0.1, 0.15) is 54.6 Å². The van der Waals surface area contributed by atoms with Crippen molar-refractivity contribution in [2.45, 2.75) is 52.5 Å². The van der Waals surface area contributed by atoms with E-state index < -0.39 is 0 Å². The highest BCUT2D eigenvalue weighted by atomic mass is 32.1. The van der Waals surface area contributed by atoms with Gasteiger partial charge in [-0.1, -0.05) is 43.7 Å². The Morgan fingerprint density at radius 1 is 1.09 bits per heavy atom. The average Bonchev–Trinajstić information content (AvgIpc) is 3.44. The van der Waals surface area contributed by atoms with Gasteiger partial charge in [0.1, 0.15) is 11.0 Å². The topological polar surface area (TPSA) is 96.2 Å². The van der Waals surface area contributed by atoms with Crippen LogP contribution in [0.4, 0.5) is 0 Å². The number of benzene rings is 2. The molecule has 4 aromatic rings. The molecule has 0 saturated heterocycles. The van der Waals surface area contributed by atoms with Gasteiger partial charge in [-0.2, -0.15) is 13.8 Å². The zero-order chi connectivity index (χ0) is 24.6. The molecule has 8 nitrogen and oxygen atoms in total. The van der Waals surface area contributed by atoms with Crippen molar-refractivity contribution in [2.75, 3.05) is 6.61 Å². The lowest BCUT2D eigenvalue weighted by molar-refractivity contribution is -0.142. The van der Waals surface area contributed by atoms with E-state index >= 15 is 0 Å². The number of rotatable bonds is 12. The average molecular weight is 493 g/mol. The second-order valence-corrected chi connectivity index (χ2v) is 8.75. The lowest BCUT2D eigenvalue weighted by Crippen LogP contribution is -2.12. The summed E-state index contributed by atoms with van der Waals surface area (Å²) in [6, 6.07) is 13.7. The minimum absolute atomic E-state index is 0.173. The molecular formula is C26H28N4O4S. The predicted molar refractivity (Wildman–Crippen MR) is 134 cm³/mol. The standard InChI is InChI=1S/C26H28N4O4S/c1-3-5-10-22-21(13-18-11-12-23-24(14-18)29-35-28-23)26(34-17-31)30(27-22)16-20-9-7-6-8-19(20)15-25(32)33-4-2/h6-9,11-12,14,17H,3-5,10,13,15-16H2,1-2H3. The van der Waals surface area contributed by atoms with Gasteiger partial charge in [-0.15, -0.1) is 0 Å². The predicted octanol–water partition coefficient (Wildman–Crippen LogP) is 4.51. The summed E-state index contributed by atoms with van der Waals surface area (Å²) in [5.74, 6) is 0.148. The molecule has 0 fully saturated rings. The SMILES string of the molecule is CCCCc1nn(Cc2ccccc2CC(=O)OCC)c(OC=O)c1Cc1ccc2nsnc2c1. The number of hydrogen-bond acceptors (Lipinski definition) is 8. The van der Waals surface area contributed by atoms with Crippen LogP contribution in [-0.2, 0) is 40.1 Å². The van der Waals surface area contributed by atoms with Gasteiger partial charge in [-0.25, -0.2) is 4.68 Å². The number of aromatic nitrogens is 4. The Balaban J connectivity index is 1.70. The Morgan fingerprint density at radius 2 is 1.89 bits per heavy atom. The number of ether oxygens (including phenoxy) is 2. The quantitative estimate of drug-likeness (QED) is 0.212. The largest absolute Gasteiger partial charge is 0.466 e. The van der Waals surface area contributed by atoms with E-state index in [1.807, 2.05) is 42.5 Å². The van der Waals surface area contributed by atoms with Crippen LogP contribution in [0.5, 0.6) is 5.88 Å². The van der Waals surface area contributed by atoms with E-state index in [4.69, 9.17) is 14.6 Å². The Bertz CT molecular complexity index is 1310. The third kappa shape index (κ3) is 5.92. The van der Waals surface area contributed by atoms with Crippen molar-refractivity contribution < 1.29 is 19.1 Å². The molecular weight excluding hydrogens is 464 g/mol. The second-order valence-electron chi connectivity index (χ2n) is 8.22. The number of unbranched alkanes of at least 4 members (excludes halogenated alkanes) is 1. The van der Waals surface area contributed by atoms with Gasteiger partial charge >= 0.3 is 5.97 Å². The molecule has 2 aromatic heterocycles. The first-order valence-electron chi connectivity index (χ1n) is 11.7. The first kappa shape index (κ1) is 24.5. The molecule has 0 unspecified atom stereocenters. The maximum Gasteiger partial charge on any atom is 0.310 e. The van der Waals surface area contributed by atoms with Gasteiger partial charge in [0, 0.05) is 12.0 Å². The molecule has 0 N–H and O–H groups in total. The molecule has 2 aromatic carbocycles. The number of aryl methyl sites for hydroxylation is 1. The summed E-state index contributed by atoms with van der Waals surface area (Å²) >= 11 is 1.19. The van der Waals surface area contributed by atoms with Crippen molar-refractivity contribution in [2.24, 2.45) is 0 Å². The summed E-state index contributed by atoms with van der Waals surface area (Å²) in [4.78, 5) is 23.6. The monoisotopic (exact) mass is 492 g/mol. The van der Waals surface area contributed by atoms with Crippen molar-refractivity contribution >= 4 is 35.2 Å². The van der Waals surface area contributed by atoms with Crippen molar-refractivity contribution in [1.29, 1.82) is 0 Å². The summed E-state index contributed by atoms with van der Waals surface area (Å²) in [5.41, 5.74) is 6.32. The molecule has 0 aliphatic rings. The maximum absolute atomic E-state index is 12.1. The molecule has 0 amide bonds. The smallest absolute Gasteiger partial charge is 0.310 e. The van der Waals surface area contributed by atoms with Crippen molar-refractivity contribution in [3.8, 4) is 5.88 Å². The highest BCUT2D eigenvalue weighted by molar-refractivity contribution is 7.00. The minimum atomic E-state index is -0.277. The number of carbonyl (C=O) groups excluding carboxylic acids is 2. The summed E-state index contributed by atoms with van der Waals surface area (Å²) < 4.78 is 21.0. The van der Waals surface area contributed by atoms with Gasteiger partial charge in [0.05, 0.1) is 37.0 Å². The van der Waals surface area contributed by atoms with E-state index in [1.165, 1.54) is 11.7 Å². The van der Waals surface area contributed by atoms with Gasteiger partial charge in [-0.05, 0) is 48.6 Å². The maximum atomic E-state index is 12.1. The number of fused-ring (bicyclic) bond motifs is 1. The van der Waals surface area contributed by atoms with E-state index in [0.29, 0.717) is 31.9 Å². The van der Waals surface area contributed by atoms with Gasteiger partial charge in [0.2, 0.25) is 5.88 Å². The Labute approximate surface area is 208 Å². The van der Waals surface area contributed by atoms with Gasteiger partial charge in [0.25, 0.3) is 6.47 Å². The first-order valence-corrected chi connectivity index (χ1v) is 12.5. The fourth-order valence-corrected chi connectivity index (χ4v) is 4.61. The summed E-state index contributed by atoms with van der Waals surface area (Å²) in [6.45, 7) is 5.07. The normalized spacial score (nSPS) is 11.0. The molecule has 35 heavy (non-hydrogen) atoms. The molecule has 0 radical (unpaired) electrons. The van der Waals surface area contributed by atoms with E-state index in [-0.39, 0.29) is 12.4 Å². The molecule has 0 spiro atoms. The van der Waals surface area contributed by atoms with Crippen molar-refractivity contribution in [1.82, 2.24) is 18.5 Å². The van der Waals surface area contributed by atoms with Crippen LogP contribution in [0.3, 0.4) is 0 Å². The lowest BCUT2D eigenvalue weighted by atomic mass is 10.0. The molecule has 0 aliphatic carbocycles. The molecule has 0 bridgehead atoms. The molecule has 2 heterocycles. The highest BCUT2D eigenvalue weighted by Crippen LogP contribution is 2.29. The number of carbonyl (C=O) groups is 2. The number of hydrogen-bond donors (Lipinski definition) is 0. The number of esters is 1. The molecule has 4 rings (SSSR count).